The zero-order valence-corrected chi connectivity index (χ0v) is 17.8. The Morgan fingerprint density at radius 3 is 2.70 bits per heavy atom. The zero-order chi connectivity index (χ0) is 21.1. The number of hydrogen-bond donors (Lipinski definition) is 1. The molecule has 1 unspecified atom stereocenters. The van der Waals surface area contributed by atoms with Crippen LogP contribution in [0.4, 0.5) is 0 Å². The number of imidazole rings is 1. The number of aromatic nitrogens is 2. The highest BCUT2D eigenvalue weighted by Crippen LogP contribution is 2.29. The first-order chi connectivity index (χ1) is 14.4. The molecule has 3 aromatic rings. The topological polar surface area (TPSA) is 83.8 Å². The zero-order valence-electron chi connectivity index (χ0n) is 17.0. The summed E-state index contributed by atoms with van der Waals surface area (Å²) in [5.41, 5.74) is 2.28. The Bertz CT molecular complexity index is 1140. The Hall–Kier alpha value is -2.71. The summed E-state index contributed by atoms with van der Waals surface area (Å²) in [5, 5.41) is 2.97. The Balaban J connectivity index is 1.55. The number of nitrogens with zero attached hydrogens (tertiary/aromatic N) is 3. The van der Waals surface area contributed by atoms with Gasteiger partial charge in [-0.2, -0.15) is 0 Å². The smallest absolute Gasteiger partial charge is 0.272 e. The van der Waals surface area contributed by atoms with E-state index in [0.29, 0.717) is 25.3 Å². The van der Waals surface area contributed by atoms with Gasteiger partial charge >= 0.3 is 0 Å². The number of rotatable bonds is 6. The maximum atomic E-state index is 12.9. The van der Waals surface area contributed by atoms with Crippen molar-refractivity contribution < 1.29 is 13.2 Å². The second-order valence-electron chi connectivity index (χ2n) is 7.73. The predicted molar refractivity (Wildman–Crippen MR) is 116 cm³/mol. The van der Waals surface area contributed by atoms with Crippen LogP contribution in [0.1, 0.15) is 40.6 Å². The van der Waals surface area contributed by atoms with Crippen molar-refractivity contribution >= 4 is 21.4 Å². The van der Waals surface area contributed by atoms with Gasteiger partial charge in [0.25, 0.3) is 5.91 Å². The maximum absolute atomic E-state index is 12.9. The fraction of sp³-hybridized carbons (Fsp3) is 0.364. The Morgan fingerprint density at radius 2 is 1.93 bits per heavy atom. The average molecular weight is 427 g/mol. The summed E-state index contributed by atoms with van der Waals surface area (Å²) >= 11 is 0. The number of carbonyl (C=O) groups excluding carboxylic acids is 1. The molecule has 4 rings (SSSR count). The minimum atomic E-state index is -3.25. The first-order valence-corrected chi connectivity index (χ1v) is 12.0. The molecule has 8 heteroatoms. The van der Waals surface area contributed by atoms with Crippen LogP contribution in [0.25, 0.3) is 5.52 Å². The molecule has 30 heavy (non-hydrogen) atoms. The van der Waals surface area contributed by atoms with E-state index in [2.05, 4.69) is 10.3 Å². The summed E-state index contributed by atoms with van der Waals surface area (Å²) in [6.45, 7) is 1.45. The molecule has 158 valence electrons. The van der Waals surface area contributed by atoms with Crippen molar-refractivity contribution in [1.82, 2.24) is 19.0 Å². The molecule has 7 nitrogen and oxygen atoms in total. The van der Waals surface area contributed by atoms with Crippen molar-refractivity contribution in [3.8, 4) is 0 Å². The molecule has 2 aromatic heterocycles. The van der Waals surface area contributed by atoms with Crippen LogP contribution in [0.5, 0.6) is 0 Å². The van der Waals surface area contributed by atoms with Crippen molar-refractivity contribution in [2.45, 2.75) is 25.2 Å². The maximum Gasteiger partial charge on any atom is 0.272 e. The average Bonchev–Trinajstić information content (AvgIpc) is 3.14. The molecule has 1 fully saturated rings. The van der Waals surface area contributed by atoms with Gasteiger partial charge in [-0.3, -0.25) is 4.79 Å². The number of sulfonamides is 1. The van der Waals surface area contributed by atoms with E-state index in [0.717, 1.165) is 36.2 Å². The van der Waals surface area contributed by atoms with E-state index in [1.807, 2.05) is 59.1 Å². The van der Waals surface area contributed by atoms with E-state index >= 15 is 0 Å². The monoisotopic (exact) mass is 426 g/mol. The lowest BCUT2D eigenvalue weighted by Gasteiger charge is -2.30. The largest absolute Gasteiger partial charge is 0.350 e. The van der Waals surface area contributed by atoms with Gasteiger partial charge in [-0.05, 0) is 37.0 Å². The number of piperidine rings is 1. The van der Waals surface area contributed by atoms with Gasteiger partial charge in [-0.25, -0.2) is 17.7 Å². The second-order valence-corrected chi connectivity index (χ2v) is 9.71. The second kappa shape index (κ2) is 8.57. The van der Waals surface area contributed by atoms with Crippen molar-refractivity contribution in [2.75, 3.05) is 25.9 Å². The first-order valence-electron chi connectivity index (χ1n) is 10.2. The number of nitrogens with one attached hydrogen (secondary N) is 1. The summed E-state index contributed by atoms with van der Waals surface area (Å²) in [7, 11) is -3.25. The minimum Gasteiger partial charge on any atom is -0.350 e. The summed E-state index contributed by atoms with van der Waals surface area (Å²) in [6.07, 6.45) is 5.49. The fourth-order valence-electron chi connectivity index (χ4n) is 4.02. The Morgan fingerprint density at radius 1 is 1.17 bits per heavy atom. The van der Waals surface area contributed by atoms with Gasteiger partial charge in [0.05, 0.1) is 11.8 Å². The van der Waals surface area contributed by atoms with E-state index in [4.69, 9.17) is 0 Å². The first kappa shape index (κ1) is 20.6. The third-order valence-corrected chi connectivity index (χ3v) is 6.82. The van der Waals surface area contributed by atoms with Gasteiger partial charge < -0.3 is 9.72 Å². The molecule has 1 aliphatic heterocycles. The normalized spacial score (nSPS) is 17.8. The lowest BCUT2D eigenvalue weighted by atomic mass is 9.99. The third-order valence-electron chi connectivity index (χ3n) is 5.55. The molecule has 1 atom stereocenters. The van der Waals surface area contributed by atoms with Crippen LogP contribution in [0.2, 0.25) is 0 Å². The highest BCUT2D eigenvalue weighted by molar-refractivity contribution is 7.88. The lowest BCUT2D eigenvalue weighted by molar-refractivity contribution is 0.0951. The van der Waals surface area contributed by atoms with E-state index in [1.54, 1.807) is 0 Å². The van der Waals surface area contributed by atoms with Gasteiger partial charge in [0, 0.05) is 31.7 Å². The quantitative estimate of drug-likeness (QED) is 0.656. The number of benzene rings is 1. The van der Waals surface area contributed by atoms with Crippen molar-refractivity contribution in [3.63, 3.8) is 0 Å². The summed E-state index contributed by atoms with van der Waals surface area (Å²) in [6, 6.07) is 15.7. The summed E-state index contributed by atoms with van der Waals surface area (Å²) in [4.78, 5) is 17.6. The van der Waals surface area contributed by atoms with Gasteiger partial charge in [0.1, 0.15) is 5.82 Å². The highest BCUT2D eigenvalue weighted by Gasteiger charge is 2.30. The van der Waals surface area contributed by atoms with Crippen LogP contribution in [0.3, 0.4) is 0 Å². The molecule has 0 spiro atoms. The van der Waals surface area contributed by atoms with Crippen molar-refractivity contribution in [3.05, 3.63) is 71.8 Å². The number of carbonyl (C=O) groups is 1. The van der Waals surface area contributed by atoms with E-state index in [1.165, 1.54) is 10.6 Å². The fourth-order valence-corrected chi connectivity index (χ4v) is 4.93. The number of pyridine rings is 1. The molecule has 0 saturated carbocycles. The molecule has 1 saturated heterocycles. The van der Waals surface area contributed by atoms with Crippen LogP contribution in [-0.2, 0) is 16.4 Å². The third kappa shape index (κ3) is 4.39. The number of amides is 1. The molecular formula is C22H26N4O3S. The van der Waals surface area contributed by atoms with Gasteiger partial charge in [0.15, 0.2) is 5.69 Å². The summed E-state index contributed by atoms with van der Waals surface area (Å²) in [5.74, 6) is 0.484. The SMILES string of the molecule is CS(=O)(=O)N1CCCC(c2nc(C(=O)NCCc3ccccc3)c3ccccn23)C1. The van der Waals surface area contributed by atoms with Crippen LogP contribution in [-0.4, -0.2) is 53.9 Å². The van der Waals surface area contributed by atoms with E-state index in [-0.39, 0.29) is 11.8 Å². The standard InChI is InChI=1S/C22H26N4O3S/c1-30(28,29)25-14-7-10-18(16-25)21-24-20(19-11-5-6-15-26(19)21)22(27)23-13-12-17-8-3-2-4-9-17/h2-6,8-9,11,15,18H,7,10,12-14,16H2,1H3,(H,23,27). The van der Waals surface area contributed by atoms with Crippen molar-refractivity contribution in [2.24, 2.45) is 0 Å². The highest BCUT2D eigenvalue weighted by atomic mass is 32.2. The summed E-state index contributed by atoms with van der Waals surface area (Å²) < 4.78 is 27.4. The molecule has 1 aliphatic rings. The van der Waals surface area contributed by atoms with Crippen LogP contribution in [0.15, 0.2) is 54.7 Å². The van der Waals surface area contributed by atoms with Crippen LogP contribution < -0.4 is 5.32 Å². The molecule has 0 aliphatic carbocycles. The van der Waals surface area contributed by atoms with Crippen LogP contribution in [0, 0.1) is 0 Å². The van der Waals surface area contributed by atoms with Crippen LogP contribution >= 0.6 is 0 Å². The molecule has 3 heterocycles. The molecule has 1 aromatic carbocycles. The molecule has 1 amide bonds. The molecular weight excluding hydrogens is 400 g/mol. The van der Waals surface area contributed by atoms with Gasteiger partial charge in [-0.15, -0.1) is 0 Å². The Kier molecular flexibility index (Phi) is 5.87. The number of hydrogen-bond acceptors (Lipinski definition) is 4. The van der Waals surface area contributed by atoms with E-state index in [9.17, 15) is 13.2 Å². The van der Waals surface area contributed by atoms with Gasteiger partial charge in [0.2, 0.25) is 10.0 Å². The number of fused-ring (bicyclic) bond motifs is 1. The predicted octanol–water partition coefficient (Wildman–Crippen LogP) is 2.45. The van der Waals surface area contributed by atoms with Crippen molar-refractivity contribution in [1.29, 1.82) is 0 Å². The lowest BCUT2D eigenvalue weighted by Crippen LogP contribution is -2.38. The molecule has 0 bridgehead atoms. The minimum absolute atomic E-state index is 0.0470. The molecule has 1 N–H and O–H groups in total. The Labute approximate surface area is 176 Å². The molecule has 0 radical (unpaired) electrons. The van der Waals surface area contributed by atoms with Gasteiger partial charge in [-0.1, -0.05) is 36.4 Å². The van der Waals surface area contributed by atoms with E-state index < -0.39 is 10.0 Å².